The Hall–Kier alpha value is -1.09. The van der Waals surface area contributed by atoms with E-state index in [-0.39, 0.29) is 16.9 Å². The number of amides is 1. The lowest BCUT2D eigenvalue weighted by Gasteiger charge is -2.26. The van der Waals surface area contributed by atoms with E-state index in [4.69, 9.17) is 11.6 Å². The second kappa shape index (κ2) is 5.05. The van der Waals surface area contributed by atoms with E-state index in [2.05, 4.69) is 0 Å². The van der Waals surface area contributed by atoms with Crippen LogP contribution in [0.4, 0.5) is 4.39 Å². The second-order valence-corrected chi connectivity index (χ2v) is 5.78. The fraction of sp³-hybridized carbons (Fsp3) is 0.462. The number of hydrogen-bond donors (Lipinski definition) is 0. The smallest absolute Gasteiger partial charge is 0.256 e. The van der Waals surface area contributed by atoms with Crippen molar-refractivity contribution >= 4 is 17.5 Å². The molecule has 0 aliphatic carbocycles. The minimum absolute atomic E-state index is 0.0178. The maximum absolute atomic E-state index is 13.5. The number of halogens is 2. The third-order valence-electron chi connectivity index (χ3n) is 2.22. The van der Waals surface area contributed by atoms with Gasteiger partial charge in [-0.15, -0.1) is 0 Å². The summed E-state index contributed by atoms with van der Waals surface area (Å²) in [5.41, 5.74) is -0.0105. The van der Waals surface area contributed by atoms with E-state index >= 15 is 0 Å². The van der Waals surface area contributed by atoms with Crippen LogP contribution in [0.2, 0.25) is 5.02 Å². The molecule has 0 saturated heterocycles. The first kappa shape index (κ1) is 14.0. The average molecular weight is 258 g/mol. The van der Waals surface area contributed by atoms with Crippen LogP contribution in [0.15, 0.2) is 18.2 Å². The Morgan fingerprint density at radius 1 is 1.41 bits per heavy atom. The SMILES string of the molecule is CN(CC(C)(C)C)C(=O)c1cc(Cl)ccc1F. The molecule has 1 aromatic rings. The third-order valence-corrected chi connectivity index (χ3v) is 2.45. The van der Waals surface area contributed by atoms with E-state index < -0.39 is 5.82 Å². The van der Waals surface area contributed by atoms with E-state index in [0.717, 1.165) is 0 Å². The molecular formula is C13H17ClFNO. The Kier molecular flexibility index (Phi) is 4.15. The molecule has 0 aromatic heterocycles. The standard InChI is InChI=1S/C13H17ClFNO/c1-13(2,3)8-16(4)12(17)10-7-9(14)5-6-11(10)15/h5-7H,8H2,1-4H3. The van der Waals surface area contributed by atoms with Crippen molar-refractivity contribution in [2.75, 3.05) is 13.6 Å². The number of benzene rings is 1. The number of rotatable bonds is 2. The van der Waals surface area contributed by atoms with Crippen LogP contribution in [0.5, 0.6) is 0 Å². The fourth-order valence-corrected chi connectivity index (χ4v) is 1.82. The first-order chi connectivity index (χ1) is 7.70. The molecule has 0 bridgehead atoms. The van der Waals surface area contributed by atoms with Crippen LogP contribution in [-0.4, -0.2) is 24.4 Å². The van der Waals surface area contributed by atoms with E-state index in [0.29, 0.717) is 11.6 Å². The topological polar surface area (TPSA) is 20.3 Å². The first-order valence-electron chi connectivity index (χ1n) is 5.41. The molecule has 0 saturated carbocycles. The second-order valence-electron chi connectivity index (χ2n) is 5.35. The largest absolute Gasteiger partial charge is 0.341 e. The van der Waals surface area contributed by atoms with E-state index in [1.165, 1.54) is 23.1 Å². The van der Waals surface area contributed by atoms with Crippen molar-refractivity contribution in [1.82, 2.24) is 4.90 Å². The average Bonchev–Trinajstić information content (AvgIpc) is 2.18. The highest BCUT2D eigenvalue weighted by atomic mass is 35.5. The monoisotopic (exact) mass is 257 g/mol. The van der Waals surface area contributed by atoms with Gasteiger partial charge in [-0.05, 0) is 23.6 Å². The van der Waals surface area contributed by atoms with E-state index in [1.54, 1.807) is 7.05 Å². The Balaban J connectivity index is 2.93. The Bertz CT molecular complexity index is 426. The van der Waals surface area contributed by atoms with Gasteiger partial charge in [-0.1, -0.05) is 32.4 Å². The van der Waals surface area contributed by atoms with Crippen LogP contribution >= 0.6 is 11.6 Å². The zero-order valence-electron chi connectivity index (χ0n) is 10.6. The maximum atomic E-state index is 13.5. The van der Waals surface area contributed by atoms with Crippen molar-refractivity contribution in [3.63, 3.8) is 0 Å². The first-order valence-corrected chi connectivity index (χ1v) is 5.79. The molecule has 0 spiro atoms. The molecular weight excluding hydrogens is 241 g/mol. The van der Waals surface area contributed by atoms with Gasteiger partial charge in [0.2, 0.25) is 0 Å². The highest BCUT2D eigenvalue weighted by Gasteiger charge is 2.21. The Morgan fingerprint density at radius 2 is 2.00 bits per heavy atom. The number of nitrogens with zero attached hydrogens (tertiary/aromatic N) is 1. The normalized spacial score (nSPS) is 11.4. The van der Waals surface area contributed by atoms with Crippen molar-refractivity contribution < 1.29 is 9.18 Å². The minimum Gasteiger partial charge on any atom is -0.341 e. The van der Waals surface area contributed by atoms with E-state index in [9.17, 15) is 9.18 Å². The molecule has 17 heavy (non-hydrogen) atoms. The highest BCUT2D eigenvalue weighted by molar-refractivity contribution is 6.30. The van der Waals surface area contributed by atoms with Gasteiger partial charge in [-0.3, -0.25) is 4.79 Å². The molecule has 94 valence electrons. The van der Waals surface area contributed by atoms with Crippen LogP contribution in [-0.2, 0) is 0 Å². The fourth-order valence-electron chi connectivity index (χ4n) is 1.65. The van der Waals surface area contributed by atoms with Gasteiger partial charge in [0.05, 0.1) is 5.56 Å². The van der Waals surface area contributed by atoms with Crippen molar-refractivity contribution in [2.45, 2.75) is 20.8 Å². The zero-order chi connectivity index (χ0) is 13.2. The summed E-state index contributed by atoms with van der Waals surface area (Å²) in [4.78, 5) is 13.5. The molecule has 0 radical (unpaired) electrons. The summed E-state index contributed by atoms with van der Waals surface area (Å²) in [7, 11) is 1.66. The van der Waals surface area contributed by atoms with Crippen LogP contribution in [0.25, 0.3) is 0 Å². The van der Waals surface area contributed by atoms with Crippen molar-refractivity contribution in [3.05, 3.63) is 34.6 Å². The van der Waals surface area contributed by atoms with Crippen molar-refractivity contribution in [3.8, 4) is 0 Å². The Morgan fingerprint density at radius 3 is 2.53 bits per heavy atom. The van der Waals surface area contributed by atoms with Gasteiger partial charge in [0.15, 0.2) is 0 Å². The van der Waals surface area contributed by atoms with Crippen LogP contribution < -0.4 is 0 Å². The summed E-state index contributed by atoms with van der Waals surface area (Å²) in [6.45, 7) is 6.61. The lowest BCUT2D eigenvalue weighted by atomic mass is 9.96. The quantitative estimate of drug-likeness (QED) is 0.793. The van der Waals surface area contributed by atoms with Gasteiger partial charge in [-0.25, -0.2) is 4.39 Å². The molecule has 1 rings (SSSR count). The van der Waals surface area contributed by atoms with Gasteiger partial charge < -0.3 is 4.90 Å². The molecule has 0 aliphatic rings. The predicted octanol–water partition coefficient (Wildman–Crippen LogP) is 3.60. The summed E-state index contributed by atoms with van der Waals surface area (Å²) >= 11 is 5.76. The summed E-state index contributed by atoms with van der Waals surface area (Å²) in [5.74, 6) is -0.889. The van der Waals surface area contributed by atoms with Crippen LogP contribution in [0, 0.1) is 11.2 Å². The predicted molar refractivity (Wildman–Crippen MR) is 67.8 cm³/mol. The van der Waals surface area contributed by atoms with Crippen LogP contribution in [0.1, 0.15) is 31.1 Å². The lowest BCUT2D eigenvalue weighted by molar-refractivity contribution is 0.0741. The number of hydrogen-bond acceptors (Lipinski definition) is 1. The maximum Gasteiger partial charge on any atom is 0.256 e. The lowest BCUT2D eigenvalue weighted by Crippen LogP contribution is -2.34. The van der Waals surface area contributed by atoms with Gasteiger partial charge in [0.25, 0.3) is 5.91 Å². The minimum atomic E-state index is -0.542. The molecule has 0 unspecified atom stereocenters. The van der Waals surface area contributed by atoms with Gasteiger partial charge in [0.1, 0.15) is 5.82 Å². The molecule has 1 aromatic carbocycles. The molecule has 0 N–H and O–H groups in total. The summed E-state index contributed by atoms with van der Waals surface area (Å²) in [6.07, 6.45) is 0. The van der Waals surface area contributed by atoms with Gasteiger partial charge in [-0.2, -0.15) is 0 Å². The van der Waals surface area contributed by atoms with E-state index in [1.807, 2.05) is 20.8 Å². The van der Waals surface area contributed by atoms with Gasteiger partial charge in [0, 0.05) is 18.6 Å². The molecule has 0 heterocycles. The third kappa shape index (κ3) is 4.00. The summed E-state index contributed by atoms with van der Waals surface area (Å²) < 4.78 is 13.5. The molecule has 0 fully saturated rings. The zero-order valence-corrected chi connectivity index (χ0v) is 11.3. The molecule has 1 amide bonds. The molecule has 4 heteroatoms. The molecule has 2 nitrogen and oxygen atoms in total. The summed E-state index contributed by atoms with van der Waals surface area (Å²) in [5, 5.41) is 0.360. The molecule has 0 atom stereocenters. The highest BCUT2D eigenvalue weighted by Crippen LogP contribution is 2.19. The molecule has 0 aliphatic heterocycles. The number of carbonyl (C=O) groups excluding carboxylic acids is 1. The number of carbonyl (C=O) groups is 1. The Labute approximate surface area is 106 Å². The summed E-state index contributed by atoms with van der Waals surface area (Å²) in [6, 6.07) is 4.00. The van der Waals surface area contributed by atoms with Crippen molar-refractivity contribution in [2.24, 2.45) is 5.41 Å². The van der Waals surface area contributed by atoms with Crippen LogP contribution in [0.3, 0.4) is 0 Å². The van der Waals surface area contributed by atoms with Crippen molar-refractivity contribution in [1.29, 1.82) is 0 Å². The van der Waals surface area contributed by atoms with Gasteiger partial charge >= 0.3 is 0 Å².